The Morgan fingerprint density at radius 1 is 1.00 bits per heavy atom. The number of amides is 1. The molecule has 2 aromatic carbocycles. The number of rotatable bonds is 10. The van der Waals surface area contributed by atoms with E-state index >= 15 is 0 Å². The number of benzene rings is 2. The fourth-order valence-electron chi connectivity index (χ4n) is 3.85. The molecule has 0 saturated heterocycles. The lowest BCUT2D eigenvalue weighted by molar-refractivity contribution is -0.140. The molecule has 0 aliphatic carbocycles. The van der Waals surface area contributed by atoms with E-state index in [2.05, 4.69) is 5.10 Å². The number of aryl methyl sites for hydroxylation is 1. The summed E-state index contributed by atoms with van der Waals surface area (Å²) in [6, 6.07) is 14.2. The molecule has 0 fully saturated rings. The lowest BCUT2D eigenvalue weighted by Gasteiger charge is -2.18. The number of carbonyl (C=O) groups is 3. The van der Waals surface area contributed by atoms with Crippen LogP contribution < -0.4 is 4.74 Å². The van der Waals surface area contributed by atoms with Crippen LogP contribution in [-0.2, 0) is 32.0 Å². The Bertz CT molecular complexity index is 1230. The van der Waals surface area contributed by atoms with Crippen LogP contribution >= 0.6 is 0 Å². The van der Waals surface area contributed by atoms with Gasteiger partial charge >= 0.3 is 11.9 Å². The van der Waals surface area contributed by atoms with Gasteiger partial charge < -0.3 is 19.1 Å². The van der Waals surface area contributed by atoms with Gasteiger partial charge in [0.1, 0.15) is 5.75 Å². The first-order valence-electron chi connectivity index (χ1n) is 11.5. The average molecular weight is 494 g/mol. The van der Waals surface area contributed by atoms with E-state index in [4.69, 9.17) is 14.2 Å². The van der Waals surface area contributed by atoms with Crippen molar-refractivity contribution < 1.29 is 28.6 Å². The van der Waals surface area contributed by atoms with Crippen molar-refractivity contribution in [2.75, 3.05) is 27.9 Å². The van der Waals surface area contributed by atoms with E-state index in [1.807, 2.05) is 38.1 Å². The van der Waals surface area contributed by atoms with Crippen molar-refractivity contribution in [3.63, 3.8) is 0 Å². The molecular weight excluding hydrogens is 462 g/mol. The number of hydrogen-bond donors (Lipinski definition) is 0. The number of aromatic nitrogens is 2. The molecule has 0 aliphatic heterocycles. The van der Waals surface area contributed by atoms with E-state index in [1.54, 1.807) is 43.1 Å². The summed E-state index contributed by atoms with van der Waals surface area (Å²) in [6.45, 7) is 3.79. The van der Waals surface area contributed by atoms with Crippen LogP contribution in [0.5, 0.6) is 5.75 Å². The van der Waals surface area contributed by atoms with Gasteiger partial charge in [0, 0.05) is 31.3 Å². The number of carbonyl (C=O) groups excluding carboxylic acids is 3. The first-order chi connectivity index (χ1) is 17.2. The molecule has 0 spiro atoms. The monoisotopic (exact) mass is 493 g/mol. The van der Waals surface area contributed by atoms with Gasteiger partial charge in [0.15, 0.2) is 6.61 Å². The van der Waals surface area contributed by atoms with Crippen LogP contribution in [-0.4, -0.2) is 60.4 Å². The molecule has 0 atom stereocenters. The third kappa shape index (κ3) is 6.29. The van der Waals surface area contributed by atoms with Crippen LogP contribution in [0.4, 0.5) is 0 Å². The Labute approximate surface area is 210 Å². The predicted molar refractivity (Wildman–Crippen MR) is 133 cm³/mol. The number of para-hydroxylation sites is 1. The molecular formula is C27H31N3O6. The molecule has 0 saturated carbocycles. The highest BCUT2D eigenvalue weighted by molar-refractivity contribution is 5.91. The molecule has 1 heterocycles. The molecule has 190 valence electrons. The second kappa shape index (κ2) is 12.0. The number of ether oxygens (including phenoxy) is 3. The zero-order valence-electron chi connectivity index (χ0n) is 21.2. The second-order valence-corrected chi connectivity index (χ2v) is 8.32. The maximum absolute atomic E-state index is 12.5. The summed E-state index contributed by atoms with van der Waals surface area (Å²) in [6.07, 6.45) is 0.815. The topological polar surface area (TPSA) is 100.0 Å². The van der Waals surface area contributed by atoms with Gasteiger partial charge in [-0.3, -0.25) is 9.59 Å². The van der Waals surface area contributed by atoms with Crippen molar-refractivity contribution in [1.82, 2.24) is 14.7 Å². The summed E-state index contributed by atoms with van der Waals surface area (Å²) < 4.78 is 17.0. The highest BCUT2D eigenvalue weighted by atomic mass is 16.5. The molecule has 9 heteroatoms. The third-order valence-electron chi connectivity index (χ3n) is 5.95. The van der Waals surface area contributed by atoms with Crippen LogP contribution in [0, 0.1) is 13.8 Å². The molecule has 0 aliphatic rings. The number of methoxy groups -OCH3 is 2. The van der Waals surface area contributed by atoms with Crippen LogP contribution in [0.15, 0.2) is 48.5 Å². The Morgan fingerprint density at radius 3 is 2.36 bits per heavy atom. The highest BCUT2D eigenvalue weighted by Gasteiger charge is 2.17. The minimum absolute atomic E-state index is 0.270. The normalized spacial score (nSPS) is 10.6. The van der Waals surface area contributed by atoms with Crippen LogP contribution in [0.1, 0.15) is 39.3 Å². The van der Waals surface area contributed by atoms with Gasteiger partial charge in [-0.25, -0.2) is 9.48 Å². The number of esters is 2. The fourth-order valence-corrected chi connectivity index (χ4v) is 3.85. The summed E-state index contributed by atoms with van der Waals surface area (Å²) in [5.41, 5.74) is 4.68. The second-order valence-electron chi connectivity index (χ2n) is 8.32. The quantitative estimate of drug-likeness (QED) is 0.399. The molecule has 0 bridgehead atoms. The van der Waals surface area contributed by atoms with Crippen LogP contribution in [0.3, 0.4) is 0 Å². The van der Waals surface area contributed by atoms with Crippen LogP contribution in [0.2, 0.25) is 0 Å². The molecule has 3 rings (SSSR count). The van der Waals surface area contributed by atoms with E-state index < -0.39 is 5.97 Å². The Morgan fingerprint density at radius 2 is 1.69 bits per heavy atom. The first kappa shape index (κ1) is 26.5. The summed E-state index contributed by atoms with van der Waals surface area (Å²) >= 11 is 0. The summed E-state index contributed by atoms with van der Waals surface area (Å²) in [7, 11) is 4.59. The van der Waals surface area contributed by atoms with E-state index in [1.165, 1.54) is 12.0 Å². The van der Waals surface area contributed by atoms with Crippen molar-refractivity contribution in [3.05, 3.63) is 76.6 Å². The zero-order chi connectivity index (χ0) is 26.2. The molecule has 3 aromatic rings. The van der Waals surface area contributed by atoms with Crippen molar-refractivity contribution in [2.24, 2.45) is 0 Å². The van der Waals surface area contributed by atoms with Crippen molar-refractivity contribution in [2.45, 2.75) is 33.2 Å². The standard InChI is InChI=1S/C27H31N3O6/c1-18-23(14-15-26(32)35-5)19(2)30(28-18)22-12-10-20(11-13-22)27(33)36-17-25(31)29(3)16-21-8-6-7-9-24(21)34-4/h6-13H,14-17H2,1-5H3. The van der Waals surface area contributed by atoms with Gasteiger partial charge in [-0.05, 0) is 56.2 Å². The van der Waals surface area contributed by atoms with E-state index in [0.717, 1.165) is 28.2 Å². The summed E-state index contributed by atoms with van der Waals surface area (Å²) in [5, 5.41) is 4.57. The minimum atomic E-state index is -0.590. The molecule has 36 heavy (non-hydrogen) atoms. The minimum Gasteiger partial charge on any atom is -0.496 e. The van der Waals surface area contributed by atoms with Gasteiger partial charge in [0.2, 0.25) is 0 Å². The van der Waals surface area contributed by atoms with Gasteiger partial charge in [0.25, 0.3) is 5.91 Å². The Hall–Kier alpha value is -4.14. The number of hydrogen-bond acceptors (Lipinski definition) is 7. The number of nitrogens with zero attached hydrogens (tertiary/aromatic N) is 3. The smallest absolute Gasteiger partial charge is 0.338 e. The van der Waals surface area contributed by atoms with Crippen molar-refractivity contribution in [1.29, 1.82) is 0 Å². The van der Waals surface area contributed by atoms with Gasteiger partial charge in [-0.1, -0.05) is 18.2 Å². The Kier molecular flexibility index (Phi) is 8.83. The SMILES string of the molecule is COC(=O)CCc1c(C)nn(-c2ccc(C(=O)OCC(=O)N(C)Cc3ccccc3OC)cc2)c1C. The molecule has 1 amide bonds. The lowest BCUT2D eigenvalue weighted by atomic mass is 10.1. The maximum Gasteiger partial charge on any atom is 0.338 e. The van der Waals surface area contributed by atoms with E-state index in [9.17, 15) is 14.4 Å². The molecule has 1 aromatic heterocycles. The highest BCUT2D eigenvalue weighted by Crippen LogP contribution is 2.21. The van der Waals surface area contributed by atoms with Gasteiger partial charge in [-0.15, -0.1) is 0 Å². The van der Waals surface area contributed by atoms with E-state index in [-0.39, 0.29) is 24.9 Å². The first-order valence-corrected chi connectivity index (χ1v) is 11.5. The van der Waals surface area contributed by atoms with Gasteiger partial charge in [-0.2, -0.15) is 5.10 Å². The largest absolute Gasteiger partial charge is 0.496 e. The molecule has 0 radical (unpaired) electrons. The third-order valence-corrected chi connectivity index (χ3v) is 5.95. The van der Waals surface area contributed by atoms with Crippen molar-refractivity contribution >= 4 is 17.8 Å². The predicted octanol–water partition coefficient (Wildman–Crippen LogP) is 3.42. The average Bonchev–Trinajstić information content (AvgIpc) is 3.18. The summed E-state index contributed by atoms with van der Waals surface area (Å²) in [5.74, 6) is -0.498. The van der Waals surface area contributed by atoms with E-state index in [0.29, 0.717) is 24.3 Å². The Balaban J connectivity index is 1.59. The maximum atomic E-state index is 12.5. The fraction of sp³-hybridized carbons (Fsp3) is 0.333. The summed E-state index contributed by atoms with van der Waals surface area (Å²) in [4.78, 5) is 38.0. The molecule has 0 N–H and O–H groups in total. The van der Waals surface area contributed by atoms with Crippen molar-refractivity contribution in [3.8, 4) is 11.4 Å². The lowest BCUT2D eigenvalue weighted by Crippen LogP contribution is -2.31. The number of likely N-dealkylation sites (N-methyl/N-ethyl adjacent to an activating group) is 1. The molecule has 0 unspecified atom stereocenters. The van der Waals surface area contributed by atoms with Gasteiger partial charge in [0.05, 0.1) is 31.2 Å². The molecule has 9 nitrogen and oxygen atoms in total. The van der Waals surface area contributed by atoms with Crippen LogP contribution in [0.25, 0.3) is 5.69 Å². The zero-order valence-corrected chi connectivity index (χ0v) is 21.2.